The molecule has 3 nitrogen and oxygen atoms in total. The molecule has 0 spiro atoms. The SMILES string of the molecule is Clc1ccc2c(N/N=C\c3ccccc3)ccnc2c1. The van der Waals surface area contributed by atoms with Crippen molar-refractivity contribution in [3.63, 3.8) is 0 Å². The average Bonchev–Trinajstić information content (AvgIpc) is 2.48. The highest BCUT2D eigenvalue weighted by atomic mass is 35.5. The number of hydrazone groups is 1. The Morgan fingerprint density at radius 3 is 2.75 bits per heavy atom. The van der Waals surface area contributed by atoms with Gasteiger partial charge in [-0.3, -0.25) is 10.4 Å². The van der Waals surface area contributed by atoms with Gasteiger partial charge in [-0.15, -0.1) is 0 Å². The first-order chi connectivity index (χ1) is 9.83. The van der Waals surface area contributed by atoms with Gasteiger partial charge >= 0.3 is 0 Å². The first-order valence-corrected chi connectivity index (χ1v) is 6.59. The van der Waals surface area contributed by atoms with Crippen LogP contribution in [0, 0.1) is 0 Å². The van der Waals surface area contributed by atoms with Crippen molar-refractivity contribution in [2.24, 2.45) is 5.10 Å². The van der Waals surface area contributed by atoms with E-state index in [4.69, 9.17) is 11.6 Å². The Morgan fingerprint density at radius 1 is 1.05 bits per heavy atom. The van der Waals surface area contributed by atoms with Crippen molar-refractivity contribution in [2.45, 2.75) is 0 Å². The van der Waals surface area contributed by atoms with Crippen molar-refractivity contribution >= 4 is 34.4 Å². The second-order valence-corrected chi connectivity index (χ2v) is 4.74. The Labute approximate surface area is 121 Å². The lowest BCUT2D eigenvalue weighted by atomic mass is 10.2. The van der Waals surface area contributed by atoms with Crippen molar-refractivity contribution < 1.29 is 0 Å². The maximum absolute atomic E-state index is 5.97. The van der Waals surface area contributed by atoms with Crippen LogP contribution in [0.5, 0.6) is 0 Å². The van der Waals surface area contributed by atoms with Gasteiger partial charge in [-0.1, -0.05) is 41.9 Å². The van der Waals surface area contributed by atoms with E-state index in [9.17, 15) is 0 Å². The molecule has 0 fully saturated rings. The fourth-order valence-corrected chi connectivity index (χ4v) is 2.10. The number of hydrogen-bond donors (Lipinski definition) is 1. The molecule has 0 saturated carbocycles. The average molecular weight is 282 g/mol. The van der Waals surface area contributed by atoms with E-state index in [0.29, 0.717) is 5.02 Å². The number of fused-ring (bicyclic) bond motifs is 1. The Bertz CT molecular complexity index is 754. The molecule has 4 heteroatoms. The summed E-state index contributed by atoms with van der Waals surface area (Å²) in [5.74, 6) is 0. The summed E-state index contributed by atoms with van der Waals surface area (Å²) in [5, 5.41) is 5.91. The Kier molecular flexibility index (Phi) is 3.61. The number of rotatable bonds is 3. The number of aromatic nitrogens is 1. The molecule has 0 radical (unpaired) electrons. The van der Waals surface area contributed by atoms with Gasteiger partial charge in [-0.2, -0.15) is 5.10 Å². The number of nitrogens with one attached hydrogen (secondary N) is 1. The highest BCUT2D eigenvalue weighted by Gasteiger charge is 2.01. The lowest BCUT2D eigenvalue weighted by Gasteiger charge is -2.05. The molecule has 1 heterocycles. The van der Waals surface area contributed by atoms with Crippen molar-refractivity contribution in [3.05, 3.63) is 71.4 Å². The van der Waals surface area contributed by atoms with Gasteiger partial charge in [0.2, 0.25) is 0 Å². The van der Waals surface area contributed by atoms with E-state index < -0.39 is 0 Å². The number of benzene rings is 2. The molecule has 0 aliphatic carbocycles. The minimum Gasteiger partial charge on any atom is -0.278 e. The van der Waals surface area contributed by atoms with E-state index in [-0.39, 0.29) is 0 Å². The number of anilines is 1. The van der Waals surface area contributed by atoms with Crippen LogP contribution >= 0.6 is 11.6 Å². The fourth-order valence-electron chi connectivity index (χ4n) is 1.93. The zero-order valence-electron chi connectivity index (χ0n) is 10.6. The topological polar surface area (TPSA) is 37.3 Å². The number of nitrogens with zero attached hydrogens (tertiary/aromatic N) is 2. The zero-order valence-corrected chi connectivity index (χ0v) is 11.4. The van der Waals surface area contributed by atoms with Crippen molar-refractivity contribution in [1.29, 1.82) is 0 Å². The largest absolute Gasteiger partial charge is 0.278 e. The van der Waals surface area contributed by atoms with Gasteiger partial charge in [0, 0.05) is 16.6 Å². The summed E-state index contributed by atoms with van der Waals surface area (Å²) in [4.78, 5) is 4.29. The molecule has 0 bridgehead atoms. The molecule has 1 N–H and O–H groups in total. The van der Waals surface area contributed by atoms with Crippen LogP contribution < -0.4 is 5.43 Å². The van der Waals surface area contributed by atoms with E-state index in [1.165, 1.54) is 0 Å². The highest BCUT2D eigenvalue weighted by Crippen LogP contribution is 2.24. The maximum Gasteiger partial charge on any atom is 0.0738 e. The summed E-state index contributed by atoms with van der Waals surface area (Å²) < 4.78 is 0. The van der Waals surface area contributed by atoms with Gasteiger partial charge in [-0.25, -0.2) is 0 Å². The first kappa shape index (κ1) is 12.6. The molecule has 1 aromatic heterocycles. The summed E-state index contributed by atoms with van der Waals surface area (Å²) >= 11 is 5.97. The maximum atomic E-state index is 5.97. The monoisotopic (exact) mass is 281 g/mol. The van der Waals surface area contributed by atoms with Crippen LogP contribution in [0.2, 0.25) is 5.02 Å². The first-order valence-electron chi connectivity index (χ1n) is 6.21. The van der Waals surface area contributed by atoms with Crippen LogP contribution in [-0.2, 0) is 0 Å². The second kappa shape index (κ2) is 5.72. The predicted molar refractivity (Wildman–Crippen MR) is 84.4 cm³/mol. The molecule has 0 saturated heterocycles. The van der Waals surface area contributed by atoms with E-state index in [1.807, 2.05) is 54.6 Å². The lowest BCUT2D eigenvalue weighted by Crippen LogP contribution is -1.92. The van der Waals surface area contributed by atoms with E-state index >= 15 is 0 Å². The van der Waals surface area contributed by atoms with Gasteiger partial charge in [-0.05, 0) is 29.8 Å². The summed E-state index contributed by atoms with van der Waals surface area (Å²) in [5.41, 5.74) is 5.83. The molecule has 0 amide bonds. The van der Waals surface area contributed by atoms with Crippen LogP contribution in [0.4, 0.5) is 5.69 Å². The van der Waals surface area contributed by atoms with E-state index in [2.05, 4.69) is 15.5 Å². The van der Waals surface area contributed by atoms with Crippen molar-refractivity contribution in [3.8, 4) is 0 Å². The smallest absolute Gasteiger partial charge is 0.0738 e. The molecule has 20 heavy (non-hydrogen) atoms. The van der Waals surface area contributed by atoms with Gasteiger partial charge in [0.25, 0.3) is 0 Å². The molecular formula is C16H12ClN3. The number of pyridine rings is 1. The summed E-state index contributed by atoms with van der Waals surface area (Å²) in [6, 6.07) is 17.4. The summed E-state index contributed by atoms with van der Waals surface area (Å²) in [6.45, 7) is 0. The Balaban J connectivity index is 1.86. The molecule has 3 rings (SSSR count). The third kappa shape index (κ3) is 2.78. The Morgan fingerprint density at radius 2 is 1.90 bits per heavy atom. The number of halogens is 1. The molecule has 0 aliphatic heterocycles. The molecule has 0 aliphatic rings. The standard InChI is InChI=1S/C16H12ClN3/c17-13-6-7-14-15(8-9-18-16(14)10-13)20-19-11-12-4-2-1-3-5-12/h1-11H,(H,18,20)/b19-11-. The minimum absolute atomic E-state index is 0.676. The van der Waals surface area contributed by atoms with Crippen LogP contribution in [0.25, 0.3) is 10.9 Å². The van der Waals surface area contributed by atoms with Gasteiger partial charge in [0.15, 0.2) is 0 Å². The molecule has 2 aromatic carbocycles. The van der Waals surface area contributed by atoms with Gasteiger partial charge in [0.1, 0.15) is 0 Å². The third-order valence-electron chi connectivity index (χ3n) is 2.90. The third-order valence-corrected chi connectivity index (χ3v) is 3.14. The van der Waals surface area contributed by atoms with Crippen LogP contribution in [0.15, 0.2) is 65.9 Å². The normalized spacial score (nSPS) is 11.1. The molecule has 0 unspecified atom stereocenters. The lowest BCUT2D eigenvalue weighted by molar-refractivity contribution is 1.33. The summed E-state index contributed by atoms with van der Waals surface area (Å²) in [7, 11) is 0. The highest BCUT2D eigenvalue weighted by molar-refractivity contribution is 6.31. The quantitative estimate of drug-likeness (QED) is 0.573. The predicted octanol–water partition coefficient (Wildman–Crippen LogP) is 4.33. The van der Waals surface area contributed by atoms with Crippen LogP contribution in [0.3, 0.4) is 0 Å². The van der Waals surface area contributed by atoms with Crippen LogP contribution in [0.1, 0.15) is 5.56 Å². The number of hydrogen-bond acceptors (Lipinski definition) is 3. The summed E-state index contributed by atoms with van der Waals surface area (Å²) in [6.07, 6.45) is 3.52. The molecule has 0 atom stereocenters. The van der Waals surface area contributed by atoms with E-state index in [1.54, 1.807) is 12.4 Å². The molecule has 98 valence electrons. The second-order valence-electron chi connectivity index (χ2n) is 4.30. The van der Waals surface area contributed by atoms with Gasteiger partial charge < -0.3 is 0 Å². The molecule has 3 aromatic rings. The zero-order chi connectivity index (χ0) is 13.8. The van der Waals surface area contributed by atoms with E-state index in [0.717, 1.165) is 22.2 Å². The molecular weight excluding hydrogens is 270 g/mol. The van der Waals surface area contributed by atoms with Crippen molar-refractivity contribution in [1.82, 2.24) is 4.98 Å². The fraction of sp³-hybridized carbons (Fsp3) is 0. The Hall–Kier alpha value is -2.39. The van der Waals surface area contributed by atoms with Crippen molar-refractivity contribution in [2.75, 3.05) is 5.43 Å². The van der Waals surface area contributed by atoms with Gasteiger partial charge in [0.05, 0.1) is 17.4 Å². The minimum atomic E-state index is 0.676. The van der Waals surface area contributed by atoms with Crippen LogP contribution in [-0.4, -0.2) is 11.2 Å².